The molecule has 0 aliphatic heterocycles. The summed E-state index contributed by atoms with van der Waals surface area (Å²) >= 11 is 0.246. The number of hydrogen-bond acceptors (Lipinski definition) is 4. The van der Waals surface area contributed by atoms with Crippen molar-refractivity contribution >= 4 is 22.2 Å². The summed E-state index contributed by atoms with van der Waals surface area (Å²) in [5, 5.41) is 0. The Balaban J connectivity index is 2.58. The number of hydrogen-bond donors (Lipinski definition) is 0. The smallest absolute Gasteiger partial charge is 0.189 e. The lowest BCUT2D eigenvalue weighted by Crippen LogP contribution is -2.23. The Kier molecular flexibility index (Phi) is 6.89. The first-order valence-corrected chi connectivity index (χ1v) is 10.9. The van der Waals surface area contributed by atoms with Gasteiger partial charge in [-0.25, -0.2) is 0 Å². The minimum atomic E-state index is -5.70. The second kappa shape index (κ2) is 8.47. The first-order chi connectivity index (χ1) is 12.9. The molecule has 2 rings (SSSR count). The van der Waals surface area contributed by atoms with E-state index in [0.717, 1.165) is 40.7 Å². The van der Waals surface area contributed by atoms with Crippen LogP contribution in [0, 0.1) is 27.7 Å². The van der Waals surface area contributed by atoms with Crippen molar-refractivity contribution in [2.24, 2.45) is 0 Å². The van der Waals surface area contributed by atoms with Crippen molar-refractivity contribution < 1.29 is 25.2 Å². The van der Waals surface area contributed by atoms with Gasteiger partial charge in [0.25, 0.3) is 0 Å². The minimum Gasteiger partial charge on any atom is -0.189 e. The molecule has 0 bridgehead atoms. The number of aryl methyl sites for hydroxylation is 1. The van der Waals surface area contributed by atoms with Crippen LogP contribution < -0.4 is 0 Å². The zero-order valence-electron chi connectivity index (χ0n) is 16.4. The predicted molar refractivity (Wildman–Crippen MR) is 107 cm³/mol. The Hall–Kier alpha value is -1.51. The third kappa shape index (κ3) is 4.55. The van der Waals surface area contributed by atoms with Gasteiger partial charge in [-0.2, -0.15) is 25.2 Å². The molecule has 3 nitrogen and oxygen atoms in total. The normalized spacial score (nSPS) is 12.4. The van der Waals surface area contributed by atoms with Crippen molar-refractivity contribution in [3.8, 4) is 11.1 Å². The second-order valence-electron chi connectivity index (χ2n) is 6.70. The third-order valence-corrected chi connectivity index (χ3v) is 7.13. The Morgan fingerprint density at radius 1 is 0.929 bits per heavy atom. The molecule has 154 valence electrons. The highest BCUT2D eigenvalue weighted by molar-refractivity contribution is 8.04. The average Bonchev–Trinajstić information content (AvgIpc) is 2.62. The van der Waals surface area contributed by atoms with Gasteiger partial charge in [0.05, 0.1) is 12.0 Å². The van der Waals surface area contributed by atoms with Gasteiger partial charge in [0, 0.05) is 10.5 Å². The predicted octanol–water partition coefficient (Wildman–Crippen LogP) is 6.41. The van der Waals surface area contributed by atoms with E-state index in [1.807, 2.05) is 45.0 Å². The van der Waals surface area contributed by atoms with Crippen LogP contribution in [0.1, 0.15) is 41.2 Å². The van der Waals surface area contributed by atoms with E-state index in [1.165, 1.54) is 0 Å². The van der Waals surface area contributed by atoms with Crippen molar-refractivity contribution in [3.63, 3.8) is 0 Å². The molecule has 0 saturated carbocycles. The summed E-state index contributed by atoms with van der Waals surface area (Å²) in [6, 6.07) is 7.77. The van der Waals surface area contributed by atoms with Gasteiger partial charge in [-0.05, 0) is 67.5 Å². The fourth-order valence-corrected chi connectivity index (χ4v) is 4.55. The van der Waals surface area contributed by atoms with Crippen LogP contribution in [0.5, 0.6) is 0 Å². The molecule has 0 aliphatic carbocycles. The minimum absolute atomic E-state index is 0.246. The third-order valence-electron chi connectivity index (χ3n) is 4.90. The van der Waals surface area contributed by atoms with Crippen LogP contribution in [-0.2, 0) is 20.2 Å². The molecule has 0 unspecified atom stereocenters. The van der Waals surface area contributed by atoms with Gasteiger partial charge in [0.2, 0.25) is 0 Å². The lowest BCUT2D eigenvalue weighted by atomic mass is 9.90. The molecule has 0 saturated heterocycles. The summed E-state index contributed by atoms with van der Waals surface area (Å²) in [6.45, 7) is 9.50. The lowest BCUT2D eigenvalue weighted by molar-refractivity contribution is -0.0494. The number of halogens is 3. The maximum Gasteiger partial charge on any atom is 0.524 e. The molecule has 0 aliphatic rings. The van der Waals surface area contributed by atoms with Crippen molar-refractivity contribution in [1.82, 2.24) is 0 Å². The van der Waals surface area contributed by atoms with Crippen LogP contribution in [0.25, 0.3) is 11.1 Å². The Morgan fingerprint density at radius 3 is 1.96 bits per heavy atom. The molecular formula is C20H23F3O3S2. The monoisotopic (exact) mass is 432 g/mol. The Morgan fingerprint density at radius 2 is 1.46 bits per heavy atom. The highest BCUT2D eigenvalue weighted by Gasteiger charge is 2.48. The maximum absolute atomic E-state index is 12.7. The largest absolute Gasteiger partial charge is 0.524 e. The average molecular weight is 433 g/mol. The van der Waals surface area contributed by atoms with Gasteiger partial charge in [-0.3, -0.25) is 0 Å². The van der Waals surface area contributed by atoms with E-state index in [9.17, 15) is 21.6 Å². The quantitative estimate of drug-likeness (QED) is 0.391. The summed E-state index contributed by atoms with van der Waals surface area (Å²) in [5.74, 6) is 0. The highest BCUT2D eigenvalue weighted by atomic mass is 32.3. The van der Waals surface area contributed by atoms with Crippen LogP contribution in [-0.4, -0.2) is 13.9 Å². The highest BCUT2D eigenvalue weighted by Crippen LogP contribution is 2.42. The van der Waals surface area contributed by atoms with E-state index in [2.05, 4.69) is 10.6 Å². The molecule has 0 aromatic heterocycles. The topological polar surface area (TPSA) is 43.4 Å². The van der Waals surface area contributed by atoms with Crippen molar-refractivity contribution in [1.29, 1.82) is 0 Å². The van der Waals surface area contributed by atoms with Crippen molar-refractivity contribution in [3.05, 3.63) is 52.1 Å². The number of alkyl halides is 3. The number of rotatable bonds is 6. The summed E-state index contributed by atoms with van der Waals surface area (Å²) in [6.07, 6.45) is 1.94. The fraction of sp³-hybridized carbons (Fsp3) is 0.400. The number of benzene rings is 2. The zero-order valence-corrected chi connectivity index (χ0v) is 18.0. The van der Waals surface area contributed by atoms with E-state index >= 15 is 0 Å². The second-order valence-corrected chi connectivity index (χ2v) is 9.19. The van der Waals surface area contributed by atoms with Crippen LogP contribution in [0.15, 0.2) is 29.2 Å². The standard InChI is InChI=1S/C20H23F3O3S2/c1-6-7-16-8-10-17(11-9-16)18-14(4)12(2)13(3)15(5)19(18)27-26-28(24,25)20(21,22)23/h8-11H,6-7H2,1-5H3. The van der Waals surface area contributed by atoms with Crippen molar-refractivity contribution in [2.75, 3.05) is 0 Å². The Bertz CT molecular complexity index is 964. The summed E-state index contributed by atoms with van der Waals surface area (Å²) < 4.78 is 65.1. The summed E-state index contributed by atoms with van der Waals surface area (Å²) in [7, 11) is -5.70. The molecule has 0 heterocycles. The van der Waals surface area contributed by atoms with Gasteiger partial charge >= 0.3 is 15.6 Å². The van der Waals surface area contributed by atoms with Gasteiger partial charge < -0.3 is 0 Å². The van der Waals surface area contributed by atoms with Crippen LogP contribution in [0.4, 0.5) is 13.2 Å². The lowest BCUT2D eigenvalue weighted by Gasteiger charge is -2.20. The van der Waals surface area contributed by atoms with E-state index in [0.29, 0.717) is 16.0 Å². The van der Waals surface area contributed by atoms with E-state index in [-0.39, 0.29) is 12.0 Å². The molecule has 0 N–H and O–H groups in total. The molecule has 0 radical (unpaired) electrons. The first-order valence-electron chi connectivity index (χ1n) is 8.77. The first kappa shape index (κ1) is 22.8. The maximum atomic E-state index is 12.7. The van der Waals surface area contributed by atoms with Crippen LogP contribution in [0.2, 0.25) is 0 Å². The Labute approximate surface area is 168 Å². The van der Waals surface area contributed by atoms with Gasteiger partial charge in [-0.15, -0.1) is 0 Å². The summed E-state index contributed by atoms with van der Waals surface area (Å²) in [4.78, 5) is 0.372. The molecule has 0 fully saturated rings. The van der Waals surface area contributed by atoms with Gasteiger partial charge in [0.1, 0.15) is 0 Å². The van der Waals surface area contributed by atoms with Crippen molar-refractivity contribution in [2.45, 2.75) is 57.9 Å². The van der Waals surface area contributed by atoms with Crippen LogP contribution >= 0.6 is 12.0 Å². The molecule has 0 atom stereocenters. The van der Waals surface area contributed by atoms with E-state index in [4.69, 9.17) is 0 Å². The molecule has 0 spiro atoms. The molecular weight excluding hydrogens is 409 g/mol. The zero-order chi connectivity index (χ0) is 21.3. The molecule has 2 aromatic carbocycles. The molecule has 28 heavy (non-hydrogen) atoms. The molecule has 2 aromatic rings. The SMILES string of the molecule is CCCc1ccc(-c2c(C)c(C)c(C)c(C)c2SOS(=O)(=O)C(F)(F)F)cc1. The van der Waals surface area contributed by atoms with Gasteiger partial charge in [-0.1, -0.05) is 37.6 Å². The van der Waals surface area contributed by atoms with Gasteiger partial charge in [0.15, 0.2) is 0 Å². The summed E-state index contributed by atoms with van der Waals surface area (Å²) in [5.41, 5.74) is 0.650. The fourth-order valence-electron chi connectivity index (χ4n) is 2.97. The molecule has 0 amide bonds. The van der Waals surface area contributed by atoms with Crippen LogP contribution in [0.3, 0.4) is 0 Å². The van der Waals surface area contributed by atoms with E-state index < -0.39 is 15.6 Å². The molecule has 8 heteroatoms. The van der Waals surface area contributed by atoms with E-state index in [1.54, 1.807) is 6.92 Å².